The normalized spacial score (nSPS) is 15.7. The maximum Gasteiger partial charge on any atom is 0.260 e. The molecule has 5 rings (SSSR count). The van der Waals surface area contributed by atoms with E-state index in [1.54, 1.807) is 12.1 Å². The van der Waals surface area contributed by atoms with Crippen LogP contribution < -0.4 is 19.9 Å². The number of nitrogens with zero attached hydrogens (tertiary/aromatic N) is 5. The first-order valence-corrected chi connectivity index (χ1v) is 10.6. The van der Waals surface area contributed by atoms with Crippen molar-refractivity contribution in [2.75, 3.05) is 43.1 Å². The average molecular weight is 452 g/mol. The summed E-state index contributed by atoms with van der Waals surface area (Å²) in [5.41, 5.74) is 1.65. The van der Waals surface area contributed by atoms with Gasteiger partial charge in [-0.1, -0.05) is 0 Å². The molecule has 0 radical (unpaired) electrons. The monoisotopic (exact) mass is 452 g/mol. The van der Waals surface area contributed by atoms with Crippen LogP contribution in [-0.4, -0.2) is 54.1 Å². The predicted molar refractivity (Wildman–Crippen MR) is 119 cm³/mol. The number of anilines is 2. The fourth-order valence-electron chi connectivity index (χ4n) is 4.23. The Morgan fingerprint density at radius 3 is 2.67 bits per heavy atom. The Balaban J connectivity index is 1.56. The van der Waals surface area contributed by atoms with Crippen LogP contribution >= 0.6 is 0 Å². The van der Waals surface area contributed by atoms with Gasteiger partial charge >= 0.3 is 0 Å². The number of halogens is 2. The topological polar surface area (TPSA) is 83.5 Å². The molecular formula is C23H22F2N6O2. The van der Waals surface area contributed by atoms with Gasteiger partial charge in [0, 0.05) is 55.3 Å². The molecule has 1 fully saturated rings. The lowest BCUT2D eigenvalue weighted by Gasteiger charge is -2.28. The maximum atomic E-state index is 14.8. The van der Waals surface area contributed by atoms with Crippen molar-refractivity contribution in [1.29, 1.82) is 0 Å². The molecule has 10 heteroatoms. The first-order valence-electron chi connectivity index (χ1n) is 10.6. The van der Waals surface area contributed by atoms with Gasteiger partial charge < -0.3 is 15.0 Å². The van der Waals surface area contributed by atoms with Crippen molar-refractivity contribution in [3.05, 3.63) is 58.9 Å². The predicted octanol–water partition coefficient (Wildman–Crippen LogP) is 2.70. The van der Waals surface area contributed by atoms with Crippen LogP contribution in [0.1, 0.15) is 21.6 Å². The van der Waals surface area contributed by atoms with E-state index in [1.807, 2.05) is 6.92 Å². The zero-order valence-corrected chi connectivity index (χ0v) is 18.2. The number of nitrogens with one attached hydrogen (secondary N) is 1. The van der Waals surface area contributed by atoms with Gasteiger partial charge in [0.15, 0.2) is 11.6 Å². The van der Waals surface area contributed by atoms with Crippen LogP contribution in [0.3, 0.4) is 0 Å². The van der Waals surface area contributed by atoms with Crippen LogP contribution in [0, 0.1) is 18.6 Å². The Labute approximate surface area is 189 Å². The lowest BCUT2D eigenvalue weighted by molar-refractivity contribution is 0.0996. The van der Waals surface area contributed by atoms with Crippen molar-refractivity contribution in [3.63, 3.8) is 0 Å². The second-order valence-corrected chi connectivity index (χ2v) is 7.92. The summed E-state index contributed by atoms with van der Waals surface area (Å²) in [5.74, 6) is -1.21. The molecule has 0 saturated carbocycles. The maximum absolute atomic E-state index is 14.8. The van der Waals surface area contributed by atoms with Crippen molar-refractivity contribution in [2.24, 2.45) is 0 Å². The largest absolute Gasteiger partial charge is 0.496 e. The summed E-state index contributed by atoms with van der Waals surface area (Å²) in [6.45, 7) is 5.17. The highest BCUT2D eigenvalue weighted by Crippen LogP contribution is 2.39. The molecular weight excluding hydrogens is 430 g/mol. The molecule has 8 nitrogen and oxygen atoms in total. The molecule has 0 bridgehead atoms. The number of rotatable bonds is 4. The van der Waals surface area contributed by atoms with Crippen LogP contribution in [0.4, 0.5) is 20.5 Å². The number of fused-ring (bicyclic) bond motifs is 1. The van der Waals surface area contributed by atoms with Gasteiger partial charge in [-0.3, -0.25) is 14.7 Å². The second-order valence-electron chi connectivity index (χ2n) is 7.92. The number of carbonyl (C=O) groups is 1. The van der Waals surface area contributed by atoms with Gasteiger partial charge in [0.05, 0.1) is 24.9 Å². The molecule has 0 atom stereocenters. The summed E-state index contributed by atoms with van der Waals surface area (Å²) in [7, 11) is 1.37. The number of aryl methyl sites for hydroxylation is 1. The second kappa shape index (κ2) is 8.36. The number of carbonyl (C=O) groups excluding carboxylic acids is 1. The van der Waals surface area contributed by atoms with Crippen LogP contribution in [0.15, 0.2) is 30.5 Å². The van der Waals surface area contributed by atoms with Gasteiger partial charge in [-0.15, -0.1) is 0 Å². The Bertz CT molecular complexity index is 1250. The van der Waals surface area contributed by atoms with Crippen LogP contribution in [0.25, 0.3) is 11.3 Å². The molecule has 1 N–H and O–H groups in total. The molecule has 0 aliphatic carbocycles. The van der Waals surface area contributed by atoms with E-state index in [1.165, 1.54) is 24.3 Å². The first kappa shape index (κ1) is 21.2. The smallest absolute Gasteiger partial charge is 0.260 e. The van der Waals surface area contributed by atoms with E-state index in [4.69, 9.17) is 4.74 Å². The number of piperazine rings is 1. The van der Waals surface area contributed by atoms with E-state index in [0.717, 1.165) is 37.9 Å². The minimum Gasteiger partial charge on any atom is -0.496 e. The molecule has 2 aromatic heterocycles. The Morgan fingerprint density at radius 1 is 1.12 bits per heavy atom. The van der Waals surface area contributed by atoms with Crippen LogP contribution in [0.2, 0.25) is 0 Å². The van der Waals surface area contributed by atoms with Crippen molar-refractivity contribution in [2.45, 2.75) is 13.5 Å². The van der Waals surface area contributed by atoms with Gasteiger partial charge in [0.25, 0.3) is 5.91 Å². The molecule has 2 aliphatic rings. The van der Waals surface area contributed by atoms with E-state index in [2.05, 4.69) is 25.2 Å². The summed E-state index contributed by atoms with van der Waals surface area (Å²) in [4.78, 5) is 30.4. The Hall–Kier alpha value is -3.66. The fourth-order valence-corrected chi connectivity index (χ4v) is 4.23. The Morgan fingerprint density at radius 2 is 1.91 bits per heavy atom. The van der Waals surface area contributed by atoms with E-state index in [9.17, 15) is 13.6 Å². The number of pyridine rings is 1. The van der Waals surface area contributed by atoms with Gasteiger partial charge in [-0.25, -0.2) is 13.8 Å². The highest BCUT2D eigenvalue weighted by Gasteiger charge is 2.34. The zero-order chi connectivity index (χ0) is 23.1. The molecule has 1 aromatic carbocycles. The van der Waals surface area contributed by atoms with Gasteiger partial charge in [-0.2, -0.15) is 4.98 Å². The number of amides is 1. The molecule has 2 aliphatic heterocycles. The first-order chi connectivity index (χ1) is 16.0. The molecule has 1 saturated heterocycles. The van der Waals surface area contributed by atoms with Crippen molar-refractivity contribution in [1.82, 2.24) is 20.3 Å². The number of benzene rings is 1. The third kappa shape index (κ3) is 3.66. The standard InChI is InChI=1S/C23H22F2N6O2/c1-13-11-18(29-23(28-13)30-9-7-26-8-10-30)31-12-15-14(22(31)32)5-6-27-21(15)19-17(33-2)4-3-16(24)20(19)25/h3-6,11,26H,7-10,12H2,1-2H3. The summed E-state index contributed by atoms with van der Waals surface area (Å²) in [5, 5.41) is 3.29. The Kier molecular flexibility index (Phi) is 5.37. The lowest BCUT2D eigenvalue weighted by Crippen LogP contribution is -2.44. The summed E-state index contributed by atoms with van der Waals surface area (Å²) in [6, 6.07) is 5.67. The van der Waals surface area contributed by atoms with E-state index < -0.39 is 11.6 Å². The SMILES string of the molecule is COc1ccc(F)c(F)c1-c1nccc2c1CN(c1cc(C)nc(N3CCNCC3)n1)C2=O. The molecule has 33 heavy (non-hydrogen) atoms. The molecule has 4 heterocycles. The quantitative estimate of drug-likeness (QED) is 0.652. The highest BCUT2D eigenvalue weighted by atomic mass is 19.2. The van der Waals surface area contributed by atoms with Crippen molar-refractivity contribution < 1.29 is 18.3 Å². The summed E-state index contributed by atoms with van der Waals surface area (Å²) < 4.78 is 34.1. The van der Waals surface area contributed by atoms with Crippen molar-refractivity contribution in [3.8, 4) is 17.0 Å². The number of aromatic nitrogens is 3. The minimum absolute atomic E-state index is 0.107. The number of methoxy groups -OCH3 is 1. The zero-order valence-electron chi connectivity index (χ0n) is 18.2. The van der Waals surface area contributed by atoms with Gasteiger partial charge in [-0.05, 0) is 25.1 Å². The number of hydrogen-bond donors (Lipinski definition) is 1. The number of hydrogen-bond acceptors (Lipinski definition) is 7. The highest BCUT2D eigenvalue weighted by molar-refractivity contribution is 6.10. The van der Waals surface area contributed by atoms with Gasteiger partial charge in [0.2, 0.25) is 5.95 Å². The fraction of sp³-hybridized carbons (Fsp3) is 0.304. The van der Waals surface area contributed by atoms with Crippen molar-refractivity contribution >= 4 is 17.7 Å². The number of ether oxygens (including phenoxy) is 1. The summed E-state index contributed by atoms with van der Waals surface area (Å²) >= 11 is 0. The third-order valence-electron chi connectivity index (χ3n) is 5.87. The molecule has 170 valence electrons. The summed E-state index contributed by atoms with van der Waals surface area (Å²) in [6.07, 6.45) is 1.41. The molecule has 1 amide bonds. The van der Waals surface area contributed by atoms with E-state index >= 15 is 0 Å². The minimum atomic E-state index is -1.07. The molecule has 0 spiro atoms. The lowest BCUT2D eigenvalue weighted by atomic mass is 10.0. The van der Waals surface area contributed by atoms with Crippen LogP contribution in [0.5, 0.6) is 5.75 Å². The average Bonchev–Trinajstić information content (AvgIpc) is 3.18. The molecule has 0 unspecified atom stereocenters. The van der Waals surface area contributed by atoms with Crippen LogP contribution in [-0.2, 0) is 6.54 Å². The van der Waals surface area contributed by atoms with E-state index in [-0.39, 0.29) is 29.5 Å². The third-order valence-corrected chi connectivity index (χ3v) is 5.87. The van der Waals surface area contributed by atoms with E-state index in [0.29, 0.717) is 22.9 Å². The molecule has 3 aromatic rings. The van der Waals surface area contributed by atoms with Gasteiger partial charge in [0.1, 0.15) is 11.6 Å².